The van der Waals surface area contributed by atoms with Gasteiger partial charge in [0.15, 0.2) is 0 Å². The normalized spacial score (nSPS) is 12.8. The summed E-state index contributed by atoms with van der Waals surface area (Å²) in [7, 11) is 1.58. The van der Waals surface area contributed by atoms with Crippen LogP contribution in [0.15, 0.2) is 22.7 Å². The van der Waals surface area contributed by atoms with Crippen molar-refractivity contribution >= 4 is 15.9 Å². The van der Waals surface area contributed by atoms with Gasteiger partial charge in [-0.15, -0.1) is 0 Å². The van der Waals surface area contributed by atoms with E-state index in [2.05, 4.69) is 21.4 Å². The molecule has 1 atom stereocenters. The zero-order chi connectivity index (χ0) is 11.3. The predicted octanol–water partition coefficient (Wildman–Crippen LogP) is 1.61. The summed E-state index contributed by atoms with van der Waals surface area (Å²) in [6.45, 7) is 0.447. The van der Waals surface area contributed by atoms with Crippen LogP contribution < -0.4 is 11.3 Å². The number of benzene rings is 1. The van der Waals surface area contributed by atoms with Crippen molar-refractivity contribution in [1.29, 1.82) is 0 Å². The Kier molecular flexibility index (Phi) is 5.17. The molecular formula is C10H14BrFN2O. The SMILES string of the molecule is COCC(Cc1cc(Br)ccc1F)NN. The van der Waals surface area contributed by atoms with Gasteiger partial charge in [-0.1, -0.05) is 15.9 Å². The molecule has 1 rings (SSSR count). The molecule has 0 amide bonds. The summed E-state index contributed by atoms with van der Waals surface area (Å²) in [6, 6.07) is 4.76. The maximum atomic E-state index is 13.4. The fourth-order valence-corrected chi connectivity index (χ4v) is 1.74. The Bertz CT molecular complexity index is 322. The monoisotopic (exact) mass is 276 g/mol. The van der Waals surface area contributed by atoms with Crippen LogP contribution in [0.5, 0.6) is 0 Å². The van der Waals surface area contributed by atoms with Crippen molar-refractivity contribution in [2.45, 2.75) is 12.5 Å². The van der Waals surface area contributed by atoms with Crippen molar-refractivity contribution < 1.29 is 9.13 Å². The molecule has 1 unspecified atom stereocenters. The summed E-state index contributed by atoms with van der Waals surface area (Å²) < 4.78 is 19.2. The number of hydrazine groups is 1. The fraction of sp³-hybridized carbons (Fsp3) is 0.400. The van der Waals surface area contributed by atoms with E-state index in [1.807, 2.05) is 0 Å². The number of hydrogen-bond donors (Lipinski definition) is 2. The third-order valence-corrected chi connectivity index (χ3v) is 2.57. The second kappa shape index (κ2) is 6.17. The van der Waals surface area contributed by atoms with Crippen LogP contribution in [-0.4, -0.2) is 19.8 Å². The Morgan fingerprint density at radius 2 is 2.33 bits per heavy atom. The Balaban J connectivity index is 2.73. The van der Waals surface area contributed by atoms with E-state index < -0.39 is 0 Å². The van der Waals surface area contributed by atoms with Crippen LogP contribution in [0.1, 0.15) is 5.56 Å². The van der Waals surface area contributed by atoms with E-state index in [4.69, 9.17) is 10.6 Å². The van der Waals surface area contributed by atoms with Crippen LogP contribution in [0.25, 0.3) is 0 Å². The van der Waals surface area contributed by atoms with Gasteiger partial charge in [0.2, 0.25) is 0 Å². The third kappa shape index (κ3) is 3.87. The summed E-state index contributed by atoms with van der Waals surface area (Å²) in [4.78, 5) is 0. The summed E-state index contributed by atoms with van der Waals surface area (Å²) in [5.74, 6) is 5.10. The summed E-state index contributed by atoms with van der Waals surface area (Å²) in [6.07, 6.45) is 0.496. The average molecular weight is 277 g/mol. The van der Waals surface area contributed by atoms with E-state index >= 15 is 0 Å². The predicted molar refractivity (Wildman–Crippen MR) is 60.8 cm³/mol. The van der Waals surface area contributed by atoms with Gasteiger partial charge in [0.1, 0.15) is 5.82 Å². The molecule has 0 aromatic heterocycles. The van der Waals surface area contributed by atoms with Crippen LogP contribution in [0.2, 0.25) is 0 Å². The second-order valence-electron chi connectivity index (χ2n) is 3.26. The molecule has 0 radical (unpaired) electrons. The van der Waals surface area contributed by atoms with Crippen molar-refractivity contribution in [1.82, 2.24) is 5.43 Å². The van der Waals surface area contributed by atoms with Crippen LogP contribution >= 0.6 is 15.9 Å². The maximum absolute atomic E-state index is 13.4. The van der Waals surface area contributed by atoms with Crippen molar-refractivity contribution in [3.8, 4) is 0 Å². The fourth-order valence-electron chi connectivity index (χ4n) is 1.33. The van der Waals surface area contributed by atoms with Gasteiger partial charge >= 0.3 is 0 Å². The van der Waals surface area contributed by atoms with Gasteiger partial charge < -0.3 is 4.74 Å². The van der Waals surface area contributed by atoms with Crippen LogP contribution in [0.3, 0.4) is 0 Å². The number of nitrogens with two attached hydrogens (primary N) is 1. The standard InChI is InChI=1S/C10H14BrFN2O/c1-15-6-9(14-13)5-7-4-8(11)2-3-10(7)12/h2-4,9,14H,5-6,13H2,1H3. The molecule has 0 bridgehead atoms. The maximum Gasteiger partial charge on any atom is 0.126 e. The van der Waals surface area contributed by atoms with Gasteiger partial charge in [-0.2, -0.15) is 0 Å². The lowest BCUT2D eigenvalue weighted by atomic mass is 10.1. The van der Waals surface area contributed by atoms with Crippen molar-refractivity contribution in [2.24, 2.45) is 5.84 Å². The molecule has 5 heteroatoms. The minimum Gasteiger partial charge on any atom is -0.383 e. The first-order chi connectivity index (χ1) is 7.17. The van der Waals surface area contributed by atoms with E-state index in [0.717, 1.165) is 4.47 Å². The van der Waals surface area contributed by atoms with Crippen LogP contribution in [-0.2, 0) is 11.2 Å². The smallest absolute Gasteiger partial charge is 0.126 e. The second-order valence-corrected chi connectivity index (χ2v) is 4.17. The molecule has 0 aliphatic heterocycles. The number of methoxy groups -OCH3 is 1. The topological polar surface area (TPSA) is 47.3 Å². The third-order valence-electron chi connectivity index (χ3n) is 2.08. The molecule has 1 aromatic carbocycles. The molecular weight excluding hydrogens is 263 g/mol. The van der Waals surface area contributed by atoms with E-state index in [-0.39, 0.29) is 11.9 Å². The first kappa shape index (κ1) is 12.6. The number of hydrogen-bond acceptors (Lipinski definition) is 3. The molecule has 84 valence electrons. The van der Waals surface area contributed by atoms with E-state index in [1.165, 1.54) is 6.07 Å². The molecule has 0 aliphatic carbocycles. The lowest BCUT2D eigenvalue weighted by Crippen LogP contribution is -2.40. The molecule has 0 heterocycles. The van der Waals surface area contributed by atoms with Gasteiger partial charge in [-0.3, -0.25) is 11.3 Å². The highest BCUT2D eigenvalue weighted by Gasteiger charge is 2.10. The number of nitrogens with one attached hydrogen (secondary N) is 1. The van der Waals surface area contributed by atoms with Gasteiger partial charge in [-0.05, 0) is 30.2 Å². The van der Waals surface area contributed by atoms with E-state index in [1.54, 1.807) is 19.2 Å². The summed E-state index contributed by atoms with van der Waals surface area (Å²) >= 11 is 3.30. The Labute approximate surface area is 96.9 Å². The number of ether oxygens (including phenoxy) is 1. The quantitative estimate of drug-likeness (QED) is 0.635. The molecule has 15 heavy (non-hydrogen) atoms. The Morgan fingerprint density at radius 3 is 2.93 bits per heavy atom. The number of rotatable bonds is 5. The summed E-state index contributed by atoms with van der Waals surface area (Å²) in [5, 5.41) is 0. The molecule has 0 saturated carbocycles. The molecule has 3 N–H and O–H groups in total. The zero-order valence-electron chi connectivity index (χ0n) is 8.47. The Hall–Kier alpha value is -0.490. The molecule has 1 aromatic rings. The largest absolute Gasteiger partial charge is 0.383 e. The van der Waals surface area contributed by atoms with Gasteiger partial charge in [0.05, 0.1) is 6.61 Å². The minimum atomic E-state index is -0.227. The highest BCUT2D eigenvalue weighted by Crippen LogP contribution is 2.16. The van der Waals surface area contributed by atoms with E-state index in [0.29, 0.717) is 18.6 Å². The van der Waals surface area contributed by atoms with Crippen molar-refractivity contribution in [2.75, 3.05) is 13.7 Å². The highest BCUT2D eigenvalue weighted by molar-refractivity contribution is 9.10. The molecule has 3 nitrogen and oxygen atoms in total. The molecule has 0 fully saturated rings. The zero-order valence-corrected chi connectivity index (χ0v) is 10.1. The number of halogens is 2. The first-order valence-electron chi connectivity index (χ1n) is 4.56. The lowest BCUT2D eigenvalue weighted by molar-refractivity contribution is 0.166. The highest BCUT2D eigenvalue weighted by atomic mass is 79.9. The van der Waals surface area contributed by atoms with E-state index in [9.17, 15) is 4.39 Å². The van der Waals surface area contributed by atoms with Crippen LogP contribution in [0.4, 0.5) is 4.39 Å². The molecule has 0 spiro atoms. The van der Waals surface area contributed by atoms with Gasteiger partial charge in [0.25, 0.3) is 0 Å². The van der Waals surface area contributed by atoms with Gasteiger partial charge in [-0.25, -0.2) is 4.39 Å². The molecule has 0 aliphatic rings. The van der Waals surface area contributed by atoms with Gasteiger partial charge in [0, 0.05) is 17.6 Å². The minimum absolute atomic E-state index is 0.0844. The lowest BCUT2D eigenvalue weighted by Gasteiger charge is -2.15. The van der Waals surface area contributed by atoms with Crippen molar-refractivity contribution in [3.05, 3.63) is 34.1 Å². The summed E-state index contributed by atoms with van der Waals surface area (Å²) in [5.41, 5.74) is 3.21. The first-order valence-corrected chi connectivity index (χ1v) is 5.35. The average Bonchev–Trinajstić information content (AvgIpc) is 2.22. The van der Waals surface area contributed by atoms with Crippen LogP contribution in [0, 0.1) is 5.82 Å². The van der Waals surface area contributed by atoms with Crippen molar-refractivity contribution in [3.63, 3.8) is 0 Å². The Morgan fingerprint density at radius 1 is 1.60 bits per heavy atom. The molecule has 0 saturated heterocycles.